The maximum Gasteiger partial charge on any atom is 0.260 e. The van der Waals surface area contributed by atoms with Crippen molar-refractivity contribution < 1.29 is 4.74 Å². The molecule has 6 heteroatoms. The highest BCUT2D eigenvalue weighted by Gasteiger charge is 2.08. The van der Waals surface area contributed by atoms with Crippen molar-refractivity contribution in [3.05, 3.63) is 21.3 Å². The van der Waals surface area contributed by atoms with E-state index >= 15 is 0 Å². The largest absolute Gasteiger partial charge is 0.384 e. The molecule has 92 valence electrons. The molecule has 0 aliphatic carbocycles. The normalized spacial score (nSPS) is 11.2. The maximum atomic E-state index is 11.8. The first kappa shape index (κ1) is 12.6. The van der Waals surface area contributed by atoms with E-state index in [9.17, 15) is 4.79 Å². The zero-order valence-corrected chi connectivity index (χ0v) is 11.4. The zero-order valence-electron chi connectivity index (χ0n) is 9.78. The molecule has 0 fully saturated rings. The fraction of sp³-hybridized carbons (Fsp3) is 0.455. The maximum absolute atomic E-state index is 11.8. The molecule has 0 unspecified atom stereocenters. The van der Waals surface area contributed by atoms with E-state index in [1.165, 1.54) is 16.6 Å². The summed E-state index contributed by atoms with van der Waals surface area (Å²) in [7, 11) is 1.66. The van der Waals surface area contributed by atoms with E-state index in [1.807, 2.05) is 6.07 Å². The lowest BCUT2D eigenvalue weighted by molar-refractivity contribution is 0.218. The lowest BCUT2D eigenvalue weighted by Gasteiger charge is -1.99. The molecule has 0 bridgehead atoms. The van der Waals surface area contributed by atoms with E-state index < -0.39 is 0 Å². The van der Waals surface area contributed by atoms with Crippen LogP contribution in [0.25, 0.3) is 10.2 Å². The number of aryl methyl sites for hydroxylation is 1. The van der Waals surface area contributed by atoms with Gasteiger partial charge in [0.1, 0.15) is 4.83 Å². The van der Waals surface area contributed by atoms with Crippen LogP contribution < -0.4 is 5.56 Å². The van der Waals surface area contributed by atoms with Crippen LogP contribution in [0, 0.1) is 0 Å². The van der Waals surface area contributed by atoms with E-state index in [0.29, 0.717) is 17.1 Å². The van der Waals surface area contributed by atoms with Crippen LogP contribution >= 0.6 is 23.1 Å². The Kier molecular flexibility index (Phi) is 4.20. The number of rotatable bonds is 5. The van der Waals surface area contributed by atoms with Crippen LogP contribution in [-0.2, 0) is 11.2 Å². The average molecular weight is 270 g/mol. The second-order valence-electron chi connectivity index (χ2n) is 3.50. The first-order chi connectivity index (χ1) is 8.24. The smallest absolute Gasteiger partial charge is 0.260 e. The van der Waals surface area contributed by atoms with Gasteiger partial charge in [0.05, 0.1) is 12.0 Å². The van der Waals surface area contributed by atoms with Crippen LogP contribution in [0.5, 0.6) is 0 Å². The van der Waals surface area contributed by atoms with E-state index in [-0.39, 0.29) is 5.56 Å². The quantitative estimate of drug-likeness (QED) is 0.514. The highest BCUT2D eigenvalue weighted by molar-refractivity contribution is 7.99. The van der Waals surface area contributed by atoms with Crippen LogP contribution in [0.15, 0.2) is 16.0 Å². The van der Waals surface area contributed by atoms with E-state index in [4.69, 9.17) is 4.74 Å². The van der Waals surface area contributed by atoms with Gasteiger partial charge in [-0.25, -0.2) is 4.98 Å². The molecule has 4 nitrogen and oxygen atoms in total. The van der Waals surface area contributed by atoms with Gasteiger partial charge < -0.3 is 9.72 Å². The Morgan fingerprint density at radius 1 is 1.59 bits per heavy atom. The molecular formula is C11H14N2O2S2. The predicted molar refractivity (Wildman–Crippen MR) is 72.2 cm³/mol. The van der Waals surface area contributed by atoms with Crippen molar-refractivity contribution in [1.29, 1.82) is 0 Å². The van der Waals surface area contributed by atoms with Gasteiger partial charge in [-0.1, -0.05) is 18.7 Å². The van der Waals surface area contributed by atoms with Crippen molar-refractivity contribution in [3.63, 3.8) is 0 Å². The number of H-pyrrole nitrogens is 1. The molecule has 17 heavy (non-hydrogen) atoms. The number of aromatic amines is 1. The summed E-state index contributed by atoms with van der Waals surface area (Å²) in [6.45, 7) is 2.73. The molecule has 0 aromatic carbocycles. The molecular weight excluding hydrogens is 256 g/mol. The molecule has 0 aliphatic rings. The zero-order chi connectivity index (χ0) is 12.3. The van der Waals surface area contributed by atoms with Crippen LogP contribution in [0.1, 0.15) is 11.8 Å². The standard InChI is InChI=1S/C11H14N2O2S2/c1-3-7-6-8-9(14)12-11(13-10(8)17-7)16-5-4-15-2/h6H,3-5H2,1-2H3,(H,12,13,14). The summed E-state index contributed by atoms with van der Waals surface area (Å²) >= 11 is 3.09. The van der Waals surface area contributed by atoms with Gasteiger partial charge >= 0.3 is 0 Å². The Morgan fingerprint density at radius 2 is 2.41 bits per heavy atom. The minimum atomic E-state index is -0.0501. The molecule has 0 atom stereocenters. The third-order valence-corrected chi connectivity index (χ3v) is 4.32. The summed E-state index contributed by atoms with van der Waals surface area (Å²) in [4.78, 5) is 21.1. The predicted octanol–water partition coefficient (Wildman–Crippen LogP) is 2.29. The summed E-state index contributed by atoms with van der Waals surface area (Å²) in [5.74, 6) is 0.789. The molecule has 2 rings (SSSR count). The second-order valence-corrected chi connectivity index (χ2v) is 5.70. The van der Waals surface area contributed by atoms with E-state index in [2.05, 4.69) is 16.9 Å². The first-order valence-corrected chi connectivity index (χ1v) is 7.19. The van der Waals surface area contributed by atoms with Gasteiger partial charge in [-0.2, -0.15) is 0 Å². The van der Waals surface area contributed by atoms with Crippen molar-refractivity contribution in [3.8, 4) is 0 Å². The van der Waals surface area contributed by atoms with Crippen LogP contribution in [0.3, 0.4) is 0 Å². The third kappa shape index (κ3) is 2.88. The minimum Gasteiger partial charge on any atom is -0.384 e. The summed E-state index contributed by atoms with van der Waals surface area (Å²) in [5, 5.41) is 1.37. The highest BCUT2D eigenvalue weighted by atomic mass is 32.2. The minimum absolute atomic E-state index is 0.0501. The first-order valence-electron chi connectivity index (χ1n) is 5.39. The van der Waals surface area contributed by atoms with Gasteiger partial charge in [-0.05, 0) is 12.5 Å². The average Bonchev–Trinajstić information content (AvgIpc) is 2.73. The number of thiophene rings is 1. The molecule has 0 saturated heterocycles. The monoisotopic (exact) mass is 270 g/mol. The Balaban J connectivity index is 2.30. The Hall–Kier alpha value is -0.850. The Bertz CT molecular complexity index is 562. The van der Waals surface area contributed by atoms with Gasteiger partial charge in [0.2, 0.25) is 0 Å². The van der Waals surface area contributed by atoms with Gasteiger partial charge in [-0.3, -0.25) is 4.79 Å². The molecule has 0 amide bonds. The van der Waals surface area contributed by atoms with Gasteiger partial charge in [0, 0.05) is 17.7 Å². The molecule has 2 aromatic heterocycles. The number of ether oxygens (including phenoxy) is 1. The van der Waals surface area contributed by atoms with Crippen LogP contribution in [0.4, 0.5) is 0 Å². The van der Waals surface area contributed by atoms with Crippen molar-refractivity contribution >= 4 is 33.3 Å². The Labute approximate surface area is 107 Å². The lowest BCUT2D eigenvalue weighted by atomic mass is 10.3. The fourth-order valence-electron chi connectivity index (χ4n) is 1.43. The highest BCUT2D eigenvalue weighted by Crippen LogP contribution is 2.23. The number of hydrogen-bond donors (Lipinski definition) is 1. The molecule has 2 heterocycles. The second kappa shape index (κ2) is 5.66. The summed E-state index contributed by atoms with van der Waals surface area (Å²) in [6, 6.07) is 1.93. The summed E-state index contributed by atoms with van der Waals surface area (Å²) < 4.78 is 4.96. The summed E-state index contributed by atoms with van der Waals surface area (Å²) in [5.41, 5.74) is -0.0501. The molecule has 0 radical (unpaired) electrons. The Morgan fingerprint density at radius 3 is 3.12 bits per heavy atom. The number of thioether (sulfide) groups is 1. The number of aromatic nitrogens is 2. The van der Waals surface area contributed by atoms with Crippen molar-refractivity contribution in [2.24, 2.45) is 0 Å². The SMILES string of the molecule is CCc1cc2c(=O)[nH]c(SCCOC)nc2s1. The van der Waals surface area contributed by atoms with E-state index in [0.717, 1.165) is 17.0 Å². The van der Waals surface area contributed by atoms with Crippen LogP contribution in [-0.4, -0.2) is 29.4 Å². The van der Waals surface area contributed by atoms with Crippen molar-refractivity contribution in [1.82, 2.24) is 9.97 Å². The number of fused-ring (bicyclic) bond motifs is 1. The number of nitrogens with zero attached hydrogens (tertiary/aromatic N) is 1. The molecule has 0 aliphatic heterocycles. The van der Waals surface area contributed by atoms with Gasteiger partial charge in [-0.15, -0.1) is 11.3 Å². The number of nitrogens with one attached hydrogen (secondary N) is 1. The molecule has 0 spiro atoms. The topological polar surface area (TPSA) is 55.0 Å². The summed E-state index contributed by atoms with van der Waals surface area (Å²) in [6.07, 6.45) is 0.937. The van der Waals surface area contributed by atoms with Crippen molar-refractivity contribution in [2.45, 2.75) is 18.5 Å². The van der Waals surface area contributed by atoms with Crippen LogP contribution in [0.2, 0.25) is 0 Å². The lowest BCUT2D eigenvalue weighted by Crippen LogP contribution is -2.08. The van der Waals surface area contributed by atoms with Gasteiger partial charge in [0.15, 0.2) is 5.16 Å². The van der Waals surface area contributed by atoms with Gasteiger partial charge in [0.25, 0.3) is 5.56 Å². The third-order valence-electron chi connectivity index (χ3n) is 2.31. The van der Waals surface area contributed by atoms with E-state index in [1.54, 1.807) is 18.4 Å². The van der Waals surface area contributed by atoms with Crippen molar-refractivity contribution in [2.75, 3.05) is 19.5 Å². The number of hydrogen-bond acceptors (Lipinski definition) is 5. The fourth-order valence-corrected chi connectivity index (χ4v) is 3.22. The number of methoxy groups -OCH3 is 1. The molecule has 0 saturated carbocycles. The molecule has 1 N–H and O–H groups in total. The molecule has 2 aromatic rings.